The summed E-state index contributed by atoms with van der Waals surface area (Å²) in [5.74, 6) is 0.613. The molecular formula is C23H28N4O5S. The van der Waals surface area contributed by atoms with Crippen LogP contribution in [0.4, 0.5) is 0 Å². The highest BCUT2D eigenvalue weighted by molar-refractivity contribution is 7.89. The van der Waals surface area contributed by atoms with Crippen LogP contribution >= 0.6 is 0 Å². The van der Waals surface area contributed by atoms with Crippen molar-refractivity contribution in [2.75, 3.05) is 39.8 Å². The lowest BCUT2D eigenvalue weighted by Crippen LogP contribution is -2.49. The molecule has 33 heavy (non-hydrogen) atoms. The van der Waals surface area contributed by atoms with Gasteiger partial charge in [-0.25, -0.2) is 13.1 Å². The number of hydrogen-bond acceptors (Lipinski definition) is 6. The summed E-state index contributed by atoms with van der Waals surface area (Å²) >= 11 is 0. The molecule has 0 unspecified atom stereocenters. The van der Waals surface area contributed by atoms with Crippen LogP contribution in [-0.4, -0.2) is 66.8 Å². The first-order chi connectivity index (χ1) is 15.8. The van der Waals surface area contributed by atoms with Gasteiger partial charge in [0.05, 0.1) is 22.8 Å². The van der Waals surface area contributed by atoms with E-state index in [1.807, 2.05) is 0 Å². The molecule has 0 spiro atoms. The van der Waals surface area contributed by atoms with Gasteiger partial charge in [-0.3, -0.25) is 14.3 Å². The molecule has 0 amide bonds. The number of benzene rings is 2. The summed E-state index contributed by atoms with van der Waals surface area (Å²) in [7, 11) is -0.393. The number of hydrogen-bond donors (Lipinski definition) is 0. The molecule has 3 aromatic rings. The van der Waals surface area contributed by atoms with E-state index in [-0.39, 0.29) is 16.0 Å². The van der Waals surface area contributed by atoms with E-state index in [2.05, 4.69) is 4.90 Å². The number of fused-ring (bicyclic) bond motifs is 1. The molecule has 1 saturated heterocycles. The van der Waals surface area contributed by atoms with E-state index in [1.54, 1.807) is 62.7 Å². The number of piperazine rings is 1. The van der Waals surface area contributed by atoms with Gasteiger partial charge in [0.1, 0.15) is 5.75 Å². The minimum atomic E-state index is -3.54. The largest absolute Gasteiger partial charge is 0.497 e. The van der Waals surface area contributed by atoms with Gasteiger partial charge < -0.3 is 9.64 Å². The molecule has 0 aliphatic carbocycles. The Hall–Kier alpha value is -2.95. The first-order valence-corrected chi connectivity index (χ1v) is 12.3. The Morgan fingerprint density at radius 3 is 2.06 bits per heavy atom. The number of ether oxygens (including phenoxy) is 1. The standard InChI is InChI=1S/C23H28N4O5S/c1-24-22(28)20-6-3-4-7-21(20)23(29)27(24)13-5-12-25-14-16-26(17-15-25)33(30,31)19-10-8-18(32-2)9-11-19/h3-4,6-11H,5,12-17H2,1-2H3. The van der Waals surface area contributed by atoms with Gasteiger partial charge in [0.2, 0.25) is 10.0 Å². The smallest absolute Gasteiger partial charge is 0.273 e. The first-order valence-electron chi connectivity index (χ1n) is 10.9. The summed E-state index contributed by atoms with van der Waals surface area (Å²) in [6, 6.07) is 13.3. The molecule has 176 valence electrons. The monoisotopic (exact) mass is 472 g/mol. The minimum Gasteiger partial charge on any atom is -0.497 e. The van der Waals surface area contributed by atoms with Crippen LogP contribution < -0.4 is 15.9 Å². The van der Waals surface area contributed by atoms with E-state index in [0.717, 1.165) is 0 Å². The fourth-order valence-corrected chi connectivity index (χ4v) is 5.62. The molecular weight excluding hydrogens is 444 g/mol. The number of sulfonamides is 1. The molecule has 0 radical (unpaired) electrons. The van der Waals surface area contributed by atoms with Gasteiger partial charge in [-0.15, -0.1) is 0 Å². The van der Waals surface area contributed by atoms with Gasteiger partial charge in [0.25, 0.3) is 11.1 Å². The summed E-state index contributed by atoms with van der Waals surface area (Å²) < 4.78 is 35.3. The van der Waals surface area contributed by atoms with E-state index in [0.29, 0.717) is 62.2 Å². The fourth-order valence-electron chi connectivity index (χ4n) is 4.20. The third kappa shape index (κ3) is 4.59. The molecule has 4 rings (SSSR count). The Morgan fingerprint density at radius 1 is 0.848 bits per heavy atom. The molecule has 0 bridgehead atoms. The first kappa shape index (κ1) is 23.2. The third-order valence-corrected chi connectivity index (χ3v) is 8.06. The second-order valence-electron chi connectivity index (χ2n) is 8.08. The molecule has 2 aromatic carbocycles. The van der Waals surface area contributed by atoms with Crippen molar-refractivity contribution in [3.05, 3.63) is 69.2 Å². The fraction of sp³-hybridized carbons (Fsp3) is 0.391. The third-order valence-electron chi connectivity index (χ3n) is 6.15. The van der Waals surface area contributed by atoms with Crippen LogP contribution in [0.25, 0.3) is 10.8 Å². The van der Waals surface area contributed by atoms with Crippen LogP contribution in [0.3, 0.4) is 0 Å². The maximum absolute atomic E-state index is 12.9. The van der Waals surface area contributed by atoms with Crippen molar-refractivity contribution in [3.8, 4) is 5.75 Å². The highest BCUT2D eigenvalue weighted by Crippen LogP contribution is 2.20. The second kappa shape index (κ2) is 9.50. The second-order valence-corrected chi connectivity index (χ2v) is 10.0. The molecule has 0 saturated carbocycles. The van der Waals surface area contributed by atoms with E-state index in [1.165, 1.54) is 13.7 Å². The van der Waals surface area contributed by atoms with Gasteiger partial charge >= 0.3 is 0 Å². The number of methoxy groups -OCH3 is 1. The molecule has 0 atom stereocenters. The zero-order chi connectivity index (χ0) is 23.6. The molecule has 1 aliphatic rings. The SMILES string of the molecule is COc1ccc(S(=O)(=O)N2CCN(CCCn3c(=O)c4ccccc4c(=O)n3C)CC2)cc1. The summed E-state index contributed by atoms with van der Waals surface area (Å²) in [5.41, 5.74) is -0.370. The summed E-state index contributed by atoms with van der Waals surface area (Å²) in [5, 5.41) is 0.855. The number of aromatic nitrogens is 2. The summed E-state index contributed by atoms with van der Waals surface area (Å²) in [6.07, 6.45) is 0.677. The topological polar surface area (TPSA) is 93.9 Å². The van der Waals surface area contributed by atoms with Crippen molar-refractivity contribution in [1.29, 1.82) is 0 Å². The lowest BCUT2D eigenvalue weighted by Gasteiger charge is -2.34. The van der Waals surface area contributed by atoms with E-state index in [4.69, 9.17) is 4.74 Å². The Labute approximate surface area is 192 Å². The Morgan fingerprint density at radius 2 is 1.45 bits per heavy atom. The van der Waals surface area contributed by atoms with Crippen LogP contribution in [0.5, 0.6) is 5.75 Å². The van der Waals surface area contributed by atoms with Gasteiger partial charge in [-0.1, -0.05) is 12.1 Å². The lowest BCUT2D eigenvalue weighted by atomic mass is 10.2. The summed E-state index contributed by atoms with van der Waals surface area (Å²) in [6.45, 7) is 3.16. The quantitative estimate of drug-likeness (QED) is 0.511. The predicted octanol–water partition coefficient (Wildman–Crippen LogP) is 1.11. The predicted molar refractivity (Wildman–Crippen MR) is 126 cm³/mol. The normalized spacial score (nSPS) is 15.7. The van der Waals surface area contributed by atoms with Gasteiger partial charge in [-0.2, -0.15) is 4.31 Å². The Bertz CT molecular complexity index is 1350. The van der Waals surface area contributed by atoms with E-state index < -0.39 is 10.0 Å². The van der Waals surface area contributed by atoms with Crippen LogP contribution in [0, 0.1) is 0 Å². The molecule has 1 aromatic heterocycles. The van der Waals surface area contributed by atoms with Crippen molar-refractivity contribution in [2.24, 2.45) is 7.05 Å². The molecule has 9 nitrogen and oxygen atoms in total. The summed E-state index contributed by atoms with van der Waals surface area (Å²) in [4.78, 5) is 27.8. The highest BCUT2D eigenvalue weighted by atomic mass is 32.2. The van der Waals surface area contributed by atoms with Crippen molar-refractivity contribution >= 4 is 20.8 Å². The maximum Gasteiger partial charge on any atom is 0.273 e. The molecule has 1 fully saturated rings. The zero-order valence-electron chi connectivity index (χ0n) is 18.8. The van der Waals surface area contributed by atoms with Crippen LogP contribution in [-0.2, 0) is 23.6 Å². The molecule has 10 heteroatoms. The number of rotatable bonds is 7. The maximum atomic E-state index is 12.9. The van der Waals surface area contributed by atoms with E-state index >= 15 is 0 Å². The van der Waals surface area contributed by atoms with Crippen LogP contribution in [0.15, 0.2) is 63.0 Å². The van der Waals surface area contributed by atoms with E-state index in [9.17, 15) is 18.0 Å². The van der Waals surface area contributed by atoms with Gasteiger partial charge in [0.15, 0.2) is 0 Å². The van der Waals surface area contributed by atoms with Crippen molar-refractivity contribution in [2.45, 2.75) is 17.9 Å². The average molecular weight is 473 g/mol. The Balaban J connectivity index is 1.36. The highest BCUT2D eigenvalue weighted by Gasteiger charge is 2.28. The average Bonchev–Trinajstić information content (AvgIpc) is 2.85. The van der Waals surface area contributed by atoms with Crippen molar-refractivity contribution in [1.82, 2.24) is 18.6 Å². The van der Waals surface area contributed by atoms with Gasteiger partial charge in [0, 0.05) is 46.3 Å². The molecule has 0 N–H and O–H groups in total. The van der Waals surface area contributed by atoms with Crippen molar-refractivity contribution < 1.29 is 13.2 Å². The number of nitrogens with zero attached hydrogens (tertiary/aromatic N) is 4. The molecule has 2 heterocycles. The lowest BCUT2D eigenvalue weighted by molar-refractivity contribution is 0.182. The van der Waals surface area contributed by atoms with Gasteiger partial charge in [-0.05, 0) is 42.8 Å². The minimum absolute atomic E-state index is 0.178. The van der Waals surface area contributed by atoms with Crippen molar-refractivity contribution in [3.63, 3.8) is 0 Å². The zero-order valence-corrected chi connectivity index (χ0v) is 19.6. The van der Waals surface area contributed by atoms with Crippen LogP contribution in [0.2, 0.25) is 0 Å². The Kier molecular flexibility index (Phi) is 6.68. The van der Waals surface area contributed by atoms with Crippen LogP contribution in [0.1, 0.15) is 6.42 Å². The molecule has 1 aliphatic heterocycles.